The van der Waals surface area contributed by atoms with Gasteiger partial charge in [-0.2, -0.15) is 0 Å². The van der Waals surface area contributed by atoms with E-state index in [0.717, 1.165) is 0 Å². The van der Waals surface area contributed by atoms with Crippen molar-refractivity contribution in [2.75, 3.05) is 27.5 Å². The number of nitrogens with zero attached hydrogens (tertiary/aromatic N) is 1. The Kier molecular flexibility index (Phi) is 5.26. The minimum Gasteiger partial charge on any atom is -0.394 e. The van der Waals surface area contributed by atoms with Crippen LogP contribution in [-0.4, -0.2) is 60.5 Å². The van der Waals surface area contributed by atoms with Gasteiger partial charge in [0.15, 0.2) is 6.23 Å². The van der Waals surface area contributed by atoms with Gasteiger partial charge in [-0.05, 0) is 7.05 Å². The zero-order valence-corrected chi connectivity index (χ0v) is 11.8. The summed E-state index contributed by atoms with van der Waals surface area (Å²) in [6.07, 6.45) is -1.24. The number of H-pyrrole nitrogens is 1. The van der Waals surface area contributed by atoms with Crippen molar-refractivity contribution in [3.8, 4) is 0 Å². The van der Waals surface area contributed by atoms with E-state index >= 15 is 0 Å². The Balaban J connectivity index is 2.30. The Morgan fingerprint density at radius 2 is 2.24 bits per heavy atom. The van der Waals surface area contributed by atoms with Gasteiger partial charge in [-0.25, -0.2) is 4.79 Å². The van der Waals surface area contributed by atoms with Crippen molar-refractivity contribution in [3.63, 3.8) is 0 Å². The molecule has 3 N–H and O–H groups in total. The minimum atomic E-state index is -0.793. The second kappa shape index (κ2) is 6.96. The Morgan fingerprint density at radius 1 is 1.48 bits per heavy atom. The van der Waals surface area contributed by atoms with E-state index in [1.165, 1.54) is 23.9 Å². The van der Waals surface area contributed by atoms with Crippen LogP contribution in [0.5, 0.6) is 0 Å². The predicted molar refractivity (Wildman–Crippen MR) is 71.9 cm³/mol. The summed E-state index contributed by atoms with van der Waals surface area (Å²) in [6, 6.07) is 1.22. The summed E-state index contributed by atoms with van der Waals surface area (Å²) in [6.45, 7) is -0.0273. The maximum absolute atomic E-state index is 11.9. The van der Waals surface area contributed by atoms with Gasteiger partial charge in [0, 0.05) is 19.4 Å². The molecule has 1 saturated heterocycles. The van der Waals surface area contributed by atoms with E-state index in [9.17, 15) is 14.7 Å². The first kappa shape index (κ1) is 15.9. The maximum Gasteiger partial charge on any atom is 0.330 e. The number of aromatic nitrogens is 2. The van der Waals surface area contributed by atoms with Crippen molar-refractivity contribution >= 4 is 0 Å². The van der Waals surface area contributed by atoms with Crippen molar-refractivity contribution in [3.05, 3.63) is 33.1 Å². The van der Waals surface area contributed by atoms with Crippen molar-refractivity contribution in [2.24, 2.45) is 0 Å². The third kappa shape index (κ3) is 3.22. The second-order valence-corrected chi connectivity index (χ2v) is 4.59. The summed E-state index contributed by atoms with van der Waals surface area (Å²) >= 11 is 0. The first-order valence-electron chi connectivity index (χ1n) is 6.49. The molecule has 2 heterocycles. The van der Waals surface area contributed by atoms with E-state index in [1.54, 1.807) is 7.05 Å². The summed E-state index contributed by atoms with van der Waals surface area (Å²) in [7, 11) is 3.18. The Labute approximate surface area is 120 Å². The fourth-order valence-electron chi connectivity index (χ4n) is 2.34. The summed E-state index contributed by atoms with van der Waals surface area (Å²) in [5.41, 5.74) is -1.11. The van der Waals surface area contributed by atoms with E-state index in [0.29, 0.717) is 0 Å². The molecule has 0 aromatic carbocycles. The molecule has 0 bridgehead atoms. The molecule has 2 rings (SSSR count). The molecule has 0 spiro atoms. The molecule has 1 aliphatic heterocycles. The average molecular weight is 301 g/mol. The van der Waals surface area contributed by atoms with Crippen LogP contribution in [0.15, 0.2) is 21.9 Å². The number of aliphatic hydroxyl groups excluding tert-OH is 1. The van der Waals surface area contributed by atoms with Crippen LogP contribution < -0.4 is 16.6 Å². The quantitative estimate of drug-likeness (QED) is 0.521. The van der Waals surface area contributed by atoms with Crippen LogP contribution in [0.3, 0.4) is 0 Å². The van der Waals surface area contributed by atoms with Crippen LogP contribution in [0.4, 0.5) is 0 Å². The second-order valence-electron chi connectivity index (χ2n) is 4.59. The Hall–Kier alpha value is -1.52. The van der Waals surface area contributed by atoms with Crippen LogP contribution in [-0.2, 0) is 14.2 Å². The van der Waals surface area contributed by atoms with Gasteiger partial charge < -0.3 is 19.3 Å². The lowest BCUT2D eigenvalue weighted by atomic mass is 10.1. The van der Waals surface area contributed by atoms with Crippen molar-refractivity contribution in [2.45, 2.75) is 24.5 Å². The Bertz CT molecular complexity index is 571. The molecule has 4 atom stereocenters. The third-order valence-corrected chi connectivity index (χ3v) is 3.28. The lowest BCUT2D eigenvalue weighted by Gasteiger charge is -2.23. The van der Waals surface area contributed by atoms with Crippen LogP contribution in [0.2, 0.25) is 0 Å². The minimum absolute atomic E-state index is 0.248. The molecule has 0 amide bonds. The number of hydrogen-bond acceptors (Lipinski definition) is 7. The van der Waals surface area contributed by atoms with Gasteiger partial charge in [-0.15, -0.1) is 0 Å². The molecule has 1 aliphatic rings. The van der Waals surface area contributed by atoms with Gasteiger partial charge >= 0.3 is 5.69 Å². The standard InChI is InChI=1S/C12H19N3O6/c1-13-6-20-9-7(5-16)21-11(10(9)19-2)15-4-3-8(17)14-12(15)18/h3-4,7,9-11,13,16H,5-6H2,1-2H3,(H,14,17,18)/t7-,9?,10?,11-/m1/s1. The number of rotatable bonds is 6. The van der Waals surface area contributed by atoms with Gasteiger partial charge in [0.05, 0.1) is 13.3 Å². The number of aromatic amines is 1. The zero-order valence-electron chi connectivity index (χ0n) is 11.8. The number of aliphatic hydroxyl groups is 1. The molecule has 0 radical (unpaired) electrons. The van der Waals surface area contributed by atoms with Crippen LogP contribution >= 0.6 is 0 Å². The highest BCUT2D eigenvalue weighted by Crippen LogP contribution is 2.32. The highest BCUT2D eigenvalue weighted by molar-refractivity contribution is 4.94. The fraction of sp³-hybridized carbons (Fsp3) is 0.667. The summed E-state index contributed by atoms with van der Waals surface area (Å²) in [4.78, 5) is 25.1. The van der Waals surface area contributed by atoms with E-state index in [1.807, 2.05) is 0 Å². The molecule has 1 aromatic heterocycles. The van der Waals surface area contributed by atoms with E-state index in [-0.39, 0.29) is 13.3 Å². The SMILES string of the molecule is CNCOC1C(OC)[C@H](n2ccc(=O)[nH]c2=O)O[C@@H]1CO. The molecule has 9 heteroatoms. The molecular weight excluding hydrogens is 282 g/mol. The number of nitrogens with one attached hydrogen (secondary N) is 2. The van der Waals surface area contributed by atoms with E-state index in [2.05, 4.69) is 10.3 Å². The maximum atomic E-state index is 11.9. The number of hydrogen-bond donors (Lipinski definition) is 3. The molecule has 118 valence electrons. The molecule has 1 fully saturated rings. The third-order valence-electron chi connectivity index (χ3n) is 3.28. The largest absolute Gasteiger partial charge is 0.394 e. The molecule has 0 aliphatic carbocycles. The van der Waals surface area contributed by atoms with Gasteiger partial charge in [-0.3, -0.25) is 19.7 Å². The first-order chi connectivity index (χ1) is 10.1. The van der Waals surface area contributed by atoms with Gasteiger partial charge in [0.2, 0.25) is 0 Å². The lowest BCUT2D eigenvalue weighted by Crippen LogP contribution is -2.41. The smallest absolute Gasteiger partial charge is 0.330 e. The normalized spacial score (nSPS) is 28.9. The Morgan fingerprint density at radius 3 is 2.81 bits per heavy atom. The summed E-state index contributed by atoms with van der Waals surface area (Å²) in [5.74, 6) is 0. The average Bonchev–Trinajstić information content (AvgIpc) is 2.82. The zero-order chi connectivity index (χ0) is 15.4. The van der Waals surface area contributed by atoms with Crippen LogP contribution in [0.25, 0.3) is 0 Å². The monoisotopic (exact) mass is 301 g/mol. The molecule has 2 unspecified atom stereocenters. The highest BCUT2D eigenvalue weighted by atomic mass is 16.6. The number of methoxy groups -OCH3 is 1. The van der Waals surface area contributed by atoms with Crippen molar-refractivity contribution in [1.29, 1.82) is 0 Å². The summed E-state index contributed by atoms with van der Waals surface area (Å²) < 4.78 is 17.8. The van der Waals surface area contributed by atoms with Crippen LogP contribution in [0.1, 0.15) is 6.23 Å². The number of ether oxygens (including phenoxy) is 3. The van der Waals surface area contributed by atoms with E-state index < -0.39 is 35.8 Å². The molecule has 1 aromatic rings. The predicted octanol–water partition coefficient (Wildman–Crippen LogP) is -2.00. The summed E-state index contributed by atoms with van der Waals surface area (Å²) in [5, 5.41) is 12.2. The molecule has 0 saturated carbocycles. The first-order valence-corrected chi connectivity index (χ1v) is 6.49. The van der Waals surface area contributed by atoms with Crippen molar-refractivity contribution in [1.82, 2.24) is 14.9 Å². The molecule has 9 nitrogen and oxygen atoms in total. The molecule has 21 heavy (non-hydrogen) atoms. The highest BCUT2D eigenvalue weighted by Gasteiger charge is 2.46. The lowest BCUT2D eigenvalue weighted by molar-refractivity contribution is -0.0651. The van der Waals surface area contributed by atoms with Crippen molar-refractivity contribution < 1.29 is 19.3 Å². The van der Waals surface area contributed by atoms with Crippen LogP contribution in [0, 0.1) is 0 Å². The van der Waals surface area contributed by atoms with Gasteiger partial charge in [0.25, 0.3) is 5.56 Å². The van der Waals surface area contributed by atoms with Gasteiger partial charge in [-0.1, -0.05) is 0 Å². The molecular formula is C12H19N3O6. The van der Waals surface area contributed by atoms with Gasteiger partial charge in [0.1, 0.15) is 18.3 Å². The van der Waals surface area contributed by atoms with E-state index in [4.69, 9.17) is 14.2 Å². The topological polar surface area (TPSA) is 115 Å². The fourth-order valence-corrected chi connectivity index (χ4v) is 2.34.